The maximum Gasteiger partial charge on any atom is 0.289 e. The standard InChI is InChI=1S/C28H38N4O5/c1-2-18(19-6-4-3-5-7-19)16-24(33)31-23(14-17-8-9-17)27(36)32-22(15-20-12-13-29-26(20)35)25(34)28(37)30-21-10-11-21/h3-7,17-18,20-23H,2,8-16H2,1H3,(H,29,35)(H,30,37)(H,31,33)(H,32,36)/t18-,20-,22?,23-/m0/s1. The molecule has 2 aliphatic carbocycles. The van der Waals surface area contributed by atoms with Gasteiger partial charge in [0.05, 0.1) is 6.04 Å². The smallest absolute Gasteiger partial charge is 0.289 e. The van der Waals surface area contributed by atoms with Gasteiger partial charge in [-0.05, 0) is 55.9 Å². The minimum absolute atomic E-state index is 0.000565. The molecule has 4 amide bonds. The number of amides is 4. The van der Waals surface area contributed by atoms with E-state index in [9.17, 15) is 24.0 Å². The molecule has 1 heterocycles. The van der Waals surface area contributed by atoms with Gasteiger partial charge in [-0.1, -0.05) is 50.1 Å². The van der Waals surface area contributed by atoms with Gasteiger partial charge in [0.15, 0.2) is 0 Å². The van der Waals surface area contributed by atoms with Crippen molar-refractivity contribution in [2.45, 2.75) is 88.8 Å². The molecule has 3 aliphatic rings. The second-order valence-electron chi connectivity index (χ2n) is 10.7. The Morgan fingerprint density at radius 3 is 2.27 bits per heavy atom. The first-order chi connectivity index (χ1) is 17.8. The van der Waals surface area contributed by atoms with Crippen molar-refractivity contribution in [3.63, 3.8) is 0 Å². The summed E-state index contributed by atoms with van der Waals surface area (Å²) in [5, 5.41) is 11.1. The van der Waals surface area contributed by atoms with E-state index in [2.05, 4.69) is 21.3 Å². The van der Waals surface area contributed by atoms with E-state index in [-0.39, 0.29) is 36.6 Å². The highest BCUT2D eigenvalue weighted by atomic mass is 16.2. The fourth-order valence-electron chi connectivity index (χ4n) is 4.92. The number of nitrogens with one attached hydrogen (secondary N) is 4. The minimum Gasteiger partial charge on any atom is -0.356 e. The van der Waals surface area contributed by atoms with Gasteiger partial charge in [-0.3, -0.25) is 24.0 Å². The molecule has 1 saturated heterocycles. The molecule has 4 atom stereocenters. The molecule has 0 spiro atoms. The van der Waals surface area contributed by atoms with E-state index in [0.717, 1.165) is 37.7 Å². The number of carbonyl (C=O) groups excluding carboxylic acids is 5. The number of carbonyl (C=O) groups is 5. The zero-order valence-electron chi connectivity index (χ0n) is 21.5. The van der Waals surface area contributed by atoms with Crippen LogP contribution in [0.15, 0.2) is 30.3 Å². The monoisotopic (exact) mass is 510 g/mol. The van der Waals surface area contributed by atoms with Crippen molar-refractivity contribution >= 4 is 29.4 Å². The molecule has 1 aromatic carbocycles. The lowest BCUT2D eigenvalue weighted by atomic mass is 9.92. The first kappa shape index (κ1) is 26.8. The third-order valence-corrected chi connectivity index (χ3v) is 7.57. The molecule has 1 aromatic rings. The molecule has 4 rings (SSSR count). The Hall–Kier alpha value is -3.23. The van der Waals surface area contributed by atoms with Crippen molar-refractivity contribution in [2.24, 2.45) is 11.8 Å². The number of Topliss-reactive ketones (excluding diaryl/α,β-unsaturated/α-hetero) is 1. The number of benzene rings is 1. The van der Waals surface area contributed by atoms with E-state index < -0.39 is 35.6 Å². The average molecular weight is 511 g/mol. The van der Waals surface area contributed by atoms with E-state index in [4.69, 9.17) is 0 Å². The lowest BCUT2D eigenvalue weighted by Gasteiger charge is -2.24. The molecule has 9 nitrogen and oxygen atoms in total. The molecular formula is C28H38N4O5. The van der Waals surface area contributed by atoms with Crippen LogP contribution in [0.1, 0.15) is 76.2 Å². The summed E-state index contributed by atoms with van der Waals surface area (Å²) < 4.78 is 0. The van der Waals surface area contributed by atoms with E-state index in [1.54, 1.807) is 0 Å². The molecular weight excluding hydrogens is 472 g/mol. The topological polar surface area (TPSA) is 133 Å². The van der Waals surface area contributed by atoms with Gasteiger partial charge in [0.25, 0.3) is 5.91 Å². The summed E-state index contributed by atoms with van der Waals surface area (Å²) in [4.78, 5) is 64.1. The second kappa shape index (κ2) is 12.3. The van der Waals surface area contributed by atoms with Gasteiger partial charge < -0.3 is 21.3 Å². The largest absolute Gasteiger partial charge is 0.356 e. The Kier molecular flexibility index (Phi) is 8.95. The molecule has 0 aromatic heterocycles. The van der Waals surface area contributed by atoms with Crippen LogP contribution < -0.4 is 21.3 Å². The molecule has 9 heteroatoms. The third kappa shape index (κ3) is 7.87. The van der Waals surface area contributed by atoms with Crippen LogP contribution in [0.2, 0.25) is 0 Å². The van der Waals surface area contributed by atoms with Gasteiger partial charge >= 0.3 is 0 Å². The SMILES string of the molecule is CC[C@@H](CC(=O)N[C@@H](CC1CC1)C(=O)NC(C[C@@H]1CCNC1=O)C(=O)C(=O)NC1CC1)c1ccccc1. The summed E-state index contributed by atoms with van der Waals surface area (Å²) in [6.07, 6.45) is 5.78. The second-order valence-corrected chi connectivity index (χ2v) is 10.7. The Bertz CT molecular complexity index is 1010. The van der Waals surface area contributed by atoms with Crippen LogP contribution in [0.5, 0.6) is 0 Å². The fraction of sp³-hybridized carbons (Fsp3) is 0.607. The molecule has 37 heavy (non-hydrogen) atoms. The van der Waals surface area contributed by atoms with Crippen LogP contribution in [-0.4, -0.2) is 54.1 Å². The molecule has 4 N–H and O–H groups in total. The maximum atomic E-state index is 13.4. The number of hydrogen-bond donors (Lipinski definition) is 4. The van der Waals surface area contributed by atoms with Crippen molar-refractivity contribution in [3.05, 3.63) is 35.9 Å². The predicted molar refractivity (Wildman–Crippen MR) is 137 cm³/mol. The van der Waals surface area contributed by atoms with Crippen molar-refractivity contribution < 1.29 is 24.0 Å². The average Bonchev–Trinajstić information content (AvgIpc) is 3.83. The molecule has 0 radical (unpaired) electrons. The van der Waals surface area contributed by atoms with Crippen LogP contribution in [0, 0.1) is 11.8 Å². The van der Waals surface area contributed by atoms with Crippen LogP contribution in [0.3, 0.4) is 0 Å². The van der Waals surface area contributed by atoms with Gasteiger partial charge in [0.2, 0.25) is 23.5 Å². The summed E-state index contributed by atoms with van der Waals surface area (Å²) in [5.74, 6) is -2.42. The highest BCUT2D eigenvalue weighted by molar-refractivity contribution is 6.38. The fourth-order valence-corrected chi connectivity index (χ4v) is 4.92. The molecule has 1 unspecified atom stereocenters. The van der Waals surface area contributed by atoms with Gasteiger partial charge in [-0.2, -0.15) is 0 Å². The third-order valence-electron chi connectivity index (χ3n) is 7.57. The van der Waals surface area contributed by atoms with Crippen LogP contribution in [-0.2, 0) is 24.0 Å². The summed E-state index contributed by atoms with van der Waals surface area (Å²) in [6, 6.07) is 7.90. The first-order valence-corrected chi connectivity index (χ1v) is 13.6. The number of ketones is 1. The first-order valence-electron chi connectivity index (χ1n) is 13.6. The van der Waals surface area contributed by atoms with Crippen LogP contribution in [0.25, 0.3) is 0 Å². The number of rotatable bonds is 14. The molecule has 200 valence electrons. The molecule has 2 saturated carbocycles. The van der Waals surface area contributed by atoms with Crippen molar-refractivity contribution in [1.29, 1.82) is 0 Å². The van der Waals surface area contributed by atoms with Gasteiger partial charge in [0.1, 0.15) is 6.04 Å². The summed E-state index contributed by atoms with van der Waals surface area (Å²) >= 11 is 0. The van der Waals surface area contributed by atoms with Crippen molar-refractivity contribution in [1.82, 2.24) is 21.3 Å². The maximum absolute atomic E-state index is 13.4. The zero-order chi connectivity index (χ0) is 26.4. The quantitative estimate of drug-likeness (QED) is 0.283. The Morgan fingerprint density at radius 1 is 0.946 bits per heavy atom. The summed E-state index contributed by atoms with van der Waals surface area (Å²) in [5.41, 5.74) is 1.07. The Morgan fingerprint density at radius 2 is 1.68 bits per heavy atom. The van der Waals surface area contributed by atoms with Gasteiger partial charge in [-0.25, -0.2) is 0 Å². The van der Waals surface area contributed by atoms with Crippen LogP contribution >= 0.6 is 0 Å². The highest BCUT2D eigenvalue weighted by Gasteiger charge is 2.38. The lowest BCUT2D eigenvalue weighted by Crippen LogP contribution is -2.55. The van der Waals surface area contributed by atoms with Gasteiger partial charge in [0, 0.05) is 24.9 Å². The van der Waals surface area contributed by atoms with E-state index in [1.807, 2.05) is 37.3 Å². The molecule has 0 bridgehead atoms. The van der Waals surface area contributed by atoms with Gasteiger partial charge in [-0.15, -0.1) is 0 Å². The summed E-state index contributed by atoms with van der Waals surface area (Å²) in [6.45, 7) is 2.54. The number of hydrogen-bond acceptors (Lipinski definition) is 5. The van der Waals surface area contributed by atoms with E-state index >= 15 is 0 Å². The van der Waals surface area contributed by atoms with Crippen molar-refractivity contribution in [3.8, 4) is 0 Å². The lowest BCUT2D eigenvalue weighted by molar-refractivity contribution is -0.141. The van der Waals surface area contributed by atoms with Crippen LogP contribution in [0.4, 0.5) is 0 Å². The van der Waals surface area contributed by atoms with E-state index in [1.165, 1.54) is 0 Å². The van der Waals surface area contributed by atoms with E-state index in [0.29, 0.717) is 25.3 Å². The molecule has 1 aliphatic heterocycles. The summed E-state index contributed by atoms with van der Waals surface area (Å²) in [7, 11) is 0. The minimum atomic E-state index is -1.12. The Labute approximate surface area is 217 Å². The van der Waals surface area contributed by atoms with Crippen molar-refractivity contribution in [2.75, 3.05) is 6.54 Å². The normalized spacial score (nSPS) is 21.3. The Balaban J connectivity index is 1.42. The predicted octanol–water partition coefficient (Wildman–Crippen LogP) is 1.71. The molecule has 3 fully saturated rings. The highest BCUT2D eigenvalue weighted by Crippen LogP contribution is 2.34. The zero-order valence-corrected chi connectivity index (χ0v) is 21.5.